The lowest BCUT2D eigenvalue weighted by Crippen LogP contribution is -2.27. The zero-order chi connectivity index (χ0) is 13.8. The van der Waals surface area contributed by atoms with Crippen LogP contribution in [0.15, 0.2) is 4.99 Å². The molecule has 0 amide bonds. The highest BCUT2D eigenvalue weighted by atomic mass is 32.2. The van der Waals surface area contributed by atoms with Crippen LogP contribution in [0.25, 0.3) is 0 Å². The average molecular weight is 268 g/mol. The Labute approximate surface area is 116 Å². The highest BCUT2D eigenvalue weighted by Crippen LogP contribution is 2.62. The minimum Gasteiger partial charge on any atom is -0.361 e. The fourth-order valence-corrected chi connectivity index (χ4v) is 4.35. The molecule has 0 aromatic carbocycles. The van der Waals surface area contributed by atoms with E-state index in [1.807, 2.05) is 11.8 Å². The summed E-state index contributed by atoms with van der Waals surface area (Å²) in [5.41, 5.74) is 1.18. The third kappa shape index (κ3) is 2.56. The Bertz CT molecular complexity index is 349. The molecule has 2 nitrogen and oxygen atoms in total. The quantitative estimate of drug-likeness (QED) is 0.821. The van der Waals surface area contributed by atoms with E-state index in [0.717, 1.165) is 6.54 Å². The van der Waals surface area contributed by atoms with Gasteiger partial charge in [0.05, 0.1) is 6.54 Å². The first-order chi connectivity index (χ1) is 8.04. The molecule has 1 saturated carbocycles. The fraction of sp³-hybridized carbons (Fsp3) is 0.933. The minimum atomic E-state index is 0.387. The Balaban J connectivity index is 1.85. The second-order valence-electron chi connectivity index (χ2n) is 8.17. The molecule has 1 unspecified atom stereocenters. The molecule has 1 aliphatic carbocycles. The summed E-state index contributed by atoms with van der Waals surface area (Å²) in [5.74, 6) is 0. The van der Waals surface area contributed by atoms with Crippen LogP contribution in [-0.2, 0) is 0 Å². The number of rotatable bonds is 2. The van der Waals surface area contributed by atoms with Gasteiger partial charge in [-0.05, 0) is 22.7 Å². The highest BCUT2D eigenvalue weighted by molar-refractivity contribution is 8.14. The van der Waals surface area contributed by atoms with Crippen LogP contribution in [0.1, 0.15) is 54.9 Å². The molecule has 3 heteroatoms. The van der Waals surface area contributed by atoms with Crippen molar-refractivity contribution < 1.29 is 0 Å². The minimum absolute atomic E-state index is 0.387. The predicted molar refractivity (Wildman–Crippen MR) is 82.2 cm³/mol. The van der Waals surface area contributed by atoms with Gasteiger partial charge in [0, 0.05) is 11.3 Å². The summed E-state index contributed by atoms with van der Waals surface area (Å²) < 4.78 is 0. The summed E-state index contributed by atoms with van der Waals surface area (Å²) in [4.78, 5) is 4.68. The van der Waals surface area contributed by atoms with Crippen LogP contribution >= 0.6 is 11.8 Å². The Kier molecular flexibility index (Phi) is 3.29. The third-order valence-corrected chi connectivity index (χ3v) is 5.96. The zero-order valence-corrected chi connectivity index (χ0v) is 13.7. The van der Waals surface area contributed by atoms with Crippen LogP contribution in [0.2, 0.25) is 0 Å². The molecule has 1 atom stereocenters. The van der Waals surface area contributed by atoms with Gasteiger partial charge in [-0.25, -0.2) is 0 Å². The molecule has 1 N–H and O–H groups in total. The predicted octanol–water partition coefficient (Wildman–Crippen LogP) is 3.92. The summed E-state index contributed by atoms with van der Waals surface area (Å²) in [7, 11) is 0. The molecule has 18 heavy (non-hydrogen) atoms. The Morgan fingerprint density at radius 3 is 2.22 bits per heavy atom. The fourth-order valence-electron chi connectivity index (χ4n) is 2.97. The molecule has 1 fully saturated rings. The van der Waals surface area contributed by atoms with Crippen molar-refractivity contribution in [2.45, 2.75) is 66.2 Å². The topological polar surface area (TPSA) is 24.4 Å². The van der Waals surface area contributed by atoms with Crippen molar-refractivity contribution in [3.05, 3.63) is 0 Å². The van der Waals surface area contributed by atoms with Crippen LogP contribution in [0, 0.1) is 16.2 Å². The molecule has 104 valence electrons. The molecule has 0 bridgehead atoms. The van der Waals surface area contributed by atoms with E-state index in [1.165, 1.54) is 11.6 Å². The van der Waals surface area contributed by atoms with Crippen molar-refractivity contribution >= 4 is 16.9 Å². The van der Waals surface area contributed by atoms with Gasteiger partial charge in [0.15, 0.2) is 5.17 Å². The van der Waals surface area contributed by atoms with Crippen molar-refractivity contribution in [3.63, 3.8) is 0 Å². The normalized spacial score (nSPS) is 30.2. The number of thioether (sulfide) groups is 1. The summed E-state index contributed by atoms with van der Waals surface area (Å²) in [6, 6.07) is 0.574. The molecule has 0 saturated heterocycles. The smallest absolute Gasteiger partial charge is 0.157 e. The third-order valence-electron chi connectivity index (χ3n) is 4.85. The lowest BCUT2D eigenvalue weighted by atomic mass is 9.90. The zero-order valence-electron chi connectivity index (χ0n) is 12.9. The largest absolute Gasteiger partial charge is 0.361 e. The van der Waals surface area contributed by atoms with Gasteiger partial charge in [0.25, 0.3) is 0 Å². The van der Waals surface area contributed by atoms with E-state index in [2.05, 4.69) is 58.8 Å². The molecule has 0 aromatic rings. The van der Waals surface area contributed by atoms with Crippen molar-refractivity contribution in [3.8, 4) is 0 Å². The lowest BCUT2D eigenvalue weighted by molar-refractivity contribution is 0.375. The van der Waals surface area contributed by atoms with Crippen LogP contribution in [-0.4, -0.2) is 23.0 Å². The monoisotopic (exact) mass is 268 g/mol. The second-order valence-corrected chi connectivity index (χ2v) is 9.46. The molecule has 1 heterocycles. The second kappa shape index (κ2) is 4.16. The number of hydrogen-bond donors (Lipinski definition) is 1. The van der Waals surface area contributed by atoms with Gasteiger partial charge < -0.3 is 5.32 Å². The first kappa shape index (κ1) is 14.2. The number of nitrogens with zero attached hydrogens (tertiary/aromatic N) is 1. The van der Waals surface area contributed by atoms with Gasteiger partial charge in [0.1, 0.15) is 0 Å². The summed E-state index contributed by atoms with van der Waals surface area (Å²) in [5, 5.41) is 5.50. The van der Waals surface area contributed by atoms with E-state index in [9.17, 15) is 0 Å². The molecule has 0 aromatic heterocycles. The summed E-state index contributed by atoms with van der Waals surface area (Å²) in [6.45, 7) is 17.3. The van der Waals surface area contributed by atoms with Gasteiger partial charge in [-0.15, -0.1) is 0 Å². The first-order valence-electron chi connectivity index (χ1n) is 7.02. The molecular weight excluding hydrogens is 240 g/mol. The maximum Gasteiger partial charge on any atom is 0.157 e. The maximum absolute atomic E-state index is 4.68. The Hall–Kier alpha value is -0.180. The van der Waals surface area contributed by atoms with Gasteiger partial charge in [-0.1, -0.05) is 60.2 Å². The van der Waals surface area contributed by atoms with Crippen LogP contribution < -0.4 is 5.32 Å². The van der Waals surface area contributed by atoms with Gasteiger partial charge in [-0.3, -0.25) is 4.99 Å². The van der Waals surface area contributed by atoms with E-state index in [-0.39, 0.29) is 0 Å². The lowest BCUT2D eigenvalue weighted by Gasteiger charge is -2.21. The van der Waals surface area contributed by atoms with Crippen molar-refractivity contribution in [2.24, 2.45) is 21.2 Å². The van der Waals surface area contributed by atoms with E-state index in [0.29, 0.717) is 27.5 Å². The molecular formula is C15H28N2S. The van der Waals surface area contributed by atoms with Crippen LogP contribution in [0.5, 0.6) is 0 Å². The summed E-state index contributed by atoms with van der Waals surface area (Å²) in [6.07, 6.45) is 1.24. The van der Waals surface area contributed by atoms with Gasteiger partial charge >= 0.3 is 0 Å². The van der Waals surface area contributed by atoms with Crippen molar-refractivity contribution in [1.82, 2.24) is 5.32 Å². The molecule has 2 rings (SSSR count). The molecule has 2 aliphatic rings. The van der Waals surface area contributed by atoms with E-state index in [4.69, 9.17) is 0 Å². The van der Waals surface area contributed by atoms with Crippen LogP contribution in [0.3, 0.4) is 0 Å². The Morgan fingerprint density at radius 1 is 1.22 bits per heavy atom. The van der Waals surface area contributed by atoms with Crippen molar-refractivity contribution in [1.29, 1.82) is 0 Å². The number of nitrogens with one attached hydrogen (secondary N) is 1. The number of amidine groups is 1. The molecule has 0 radical (unpaired) electrons. The van der Waals surface area contributed by atoms with Gasteiger partial charge in [-0.2, -0.15) is 0 Å². The number of hydrogen-bond acceptors (Lipinski definition) is 3. The summed E-state index contributed by atoms with van der Waals surface area (Å²) >= 11 is 1.95. The first-order valence-corrected chi connectivity index (χ1v) is 7.90. The van der Waals surface area contributed by atoms with E-state index in [1.54, 1.807) is 0 Å². The van der Waals surface area contributed by atoms with Crippen molar-refractivity contribution in [2.75, 3.05) is 6.54 Å². The number of aliphatic imine (C=N–C) groups is 1. The highest BCUT2D eigenvalue weighted by Gasteiger charge is 2.65. The Morgan fingerprint density at radius 2 is 1.78 bits per heavy atom. The average Bonchev–Trinajstić information content (AvgIpc) is 2.52. The van der Waals surface area contributed by atoms with E-state index < -0.39 is 0 Å². The standard InChI is InChI=1S/C15H28N2S/c1-13(2,3)8-10-9-16-12(18-10)17-11-14(4,5)15(11,6)7/h10-11H,8-9H2,1-7H3,(H,16,17). The maximum atomic E-state index is 4.68. The van der Waals surface area contributed by atoms with E-state index >= 15 is 0 Å². The SMILES string of the molecule is CC(C)(C)CC1CN=C(NC2C(C)(C)C2(C)C)S1. The molecule has 1 aliphatic heterocycles. The van der Waals surface area contributed by atoms with Gasteiger partial charge in [0.2, 0.25) is 0 Å². The van der Waals surface area contributed by atoms with Crippen LogP contribution in [0.4, 0.5) is 0 Å². The molecule has 0 spiro atoms.